The Balaban J connectivity index is 1.66. The summed E-state index contributed by atoms with van der Waals surface area (Å²) in [5, 5.41) is 11.3. The van der Waals surface area contributed by atoms with Crippen molar-refractivity contribution in [1.82, 2.24) is 9.80 Å². The fraction of sp³-hybridized carbons (Fsp3) is 0.267. The van der Waals surface area contributed by atoms with Crippen LogP contribution in [-0.2, 0) is 16.2 Å². The topological polar surface area (TPSA) is 70.1 Å². The molecule has 1 fully saturated rings. The lowest BCUT2D eigenvalue weighted by Gasteiger charge is -2.26. The molecule has 36 heavy (non-hydrogen) atoms. The molecule has 1 aliphatic heterocycles. The number of amides is 1. The number of Topliss-reactive ketones (excluding diaryl/α,β-unsaturated/α-hetero) is 1. The van der Waals surface area contributed by atoms with E-state index >= 15 is 0 Å². The SMILES string of the molecule is Cc1cc(/C(O)=C2\C(=O)C(=O)N(CCCN(C)C)[C@@H]2c2ccccc2)ccc1OCc1ccccc1. The van der Waals surface area contributed by atoms with Crippen LogP contribution in [0.4, 0.5) is 0 Å². The van der Waals surface area contributed by atoms with Crippen molar-refractivity contribution in [1.29, 1.82) is 0 Å². The van der Waals surface area contributed by atoms with Gasteiger partial charge in [0.25, 0.3) is 11.7 Å². The van der Waals surface area contributed by atoms with E-state index in [1.165, 1.54) is 0 Å². The van der Waals surface area contributed by atoms with E-state index in [2.05, 4.69) is 0 Å². The summed E-state index contributed by atoms with van der Waals surface area (Å²) in [6, 6.07) is 24.0. The molecule has 0 saturated carbocycles. The number of hydrogen-bond acceptors (Lipinski definition) is 5. The average molecular weight is 485 g/mol. The molecule has 6 nitrogen and oxygen atoms in total. The number of carbonyl (C=O) groups excluding carboxylic acids is 2. The van der Waals surface area contributed by atoms with Gasteiger partial charge in [-0.2, -0.15) is 0 Å². The molecule has 1 N–H and O–H groups in total. The number of aliphatic hydroxyl groups excluding tert-OH is 1. The standard InChI is InChI=1S/C30H32N2O4/c1-21-19-24(15-16-25(21)36-20-22-11-6-4-7-12-22)28(33)26-27(23-13-8-5-9-14-23)32(30(35)29(26)34)18-10-17-31(2)3/h4-9,11-16,19,27,33H,10,17-18,20H2,1-3H3/b28-26+/t27-/m1/s1. The summed E-state index contributed by atoms with van der Waals surface area (Å²) in [6.07, 6.45) is 0.718. The van der Waals surface area contributed by atoms with Gasteiger partial charge in [0.2, 0.25) is 0 Å². The molecule has 0 aliphatic carbocycles. The summed E-state index contributed by atoms with van der Waals surface area (Å²) < 4.78 is 5.96. The number of hydrogen-bond donors (Lipinski definition) is 1. The highest BCUT2D eigenvalue weighted by Crippen LogP contribution is 2.39. The van der Waals surface area contributed by atoms with Crippen molar-refractivity contribution in [2.75, 3.05) is 27.2 Å². The minimum Gasteiger partial charge on any atom is -0.507 e. The number of aliphatic hydroxyl groups is 1. The molecule has 0 aromatic heterocycles. The lowest BCUT2D eigenvalue weighted by molar-refractivity contribution is -0.139. The molecule has 6 heteroatoms. The van der Waals surface area contributed by atoms with Crippen molar-refractivity contribution in [2.24, 2.45) is 0 Å². The third kappa shape index (κ3) is 5.50. The monoisotopic (exact) mass is 484 g/mol. The second kappa shape index (κ2) is 11.2. The van der Waals surface area contributed by atoms with Crippen molar-refractivity contribution < 1.29 is 19.4 Å². The van der Waals surface area contributed by atoms with Crippen molar-refractivity contribution >= 4 is 17.4 Å². The maximum absolute atomic E-state index is 13.2. The summed E-state index contributed by atoms with van der Waals surface area (Å²) in [5.74, 6) is -0.717. The normalized spacial score (nSPS) is 17.1. The Labute approximate surface area is 212 Å². The molecule has 3 aromatic carbocycles. The molecule has 1 amide bonds. The number of benzene rings is 3. The summed E-state index contributed by atoms with van der Waals surface area (Å²) in [6.45, 7) is 3.53. The molecule has 186 valence electrons. The van der Waals surface area contributed by atoms with Crippen LogP contribution in [-0.4, -0.2) is 53.8 Å². The lowest BCUT2D eigenvalue weighted by Crippen LogP contribution is -2.32. The Hall–Kier alpha value is -3.90. The smallest absolute Gasteiger partial charge is 0.295 e. The Kier molecular flexibility index (Phi) is 7.86. The fourth-order valence-electron chi connectivity index (χ4n) is 4.50. The van der Waals surface area contributed by atoms with E-state index in [-0.39, 0.29) is 11.3 Å². The van der Waals surface area contributed by atoms with Crippen LogP contribution in [0.5, 0.6) is 5.75 Å². The van der Waals surface area contributed by atoms with Crippen molar-refractivity contribution in [3.05, 3.63) is 107 Å². The van der Waals surface area contributed by atoms with E-state index < -0.39 is 17.7 Å². The molecule has 1 aliphatic rings. The summed E-state index contributed by atoms with van der Waals surface area (Å²) >= 11 is 0. The summed E-state index contributed by atoms with van der Waals surface area (Å²) in [5.41, 5.74) is 3.27. The Morgan fingerprint density at radius 1 is 0.972 bits per heavy atom. The quantitative estimate of drug-likeness (QED) is 0.264. The van der Waals surface area contributed by atoms with Gasteiger partial charge in [-0.05, 0) is 68.9 Å². The second-order valence-electron chi connectivity index (χ2n) is 9.31. The highest BCUT2D eigenvalue weighted by atomic mass is 16.5. The van der Waals surface area contributed by atoms with E-state index in [0.717, 1.165) is 29.7 Å². The van der Waals surface area contributed by atoms with E-state index in [0.29, 0.717) is 24.5 Å². The zero-order valence-electron chi connectivity index (χ0n) is 21.0. The first-order valence-corrected chi connectivity index (χ1v) is 12.1. The molecule has 0 bridgehead atoms. The molecule has 0 unspecified atom stereocenters. The number of likely N-dealkylation sites (tertiary alicyclic amines) is 1. The van der Waals surface area contributed by atoms with E-state index in [1.54, 1.807) is 23.1 Å². The third-order valence-electron chi connectivity index (χ3n) is 6.35. The molecule has 0 spiro atoms. The maximum Gasteiger partial charge on any atom is 0.295 e. The lowest BCUT2D eigenvalue weighted by atomic mass is 9.95. The highest BCUT2D eigenvalue weighted by molar-refractivity contribution is 6.46. The van der Waals surface area contributed by atoms with Gasteiger partial charge in [-0.3, -0.25) is 9.59 Å². The van der Waals surface area contributed by atoms with Crippen molar-refractivity contribution in [3.63, 3.8) is 0 Å². The van der Waals surface area contributed by atoms with Gasteiger partial charge >= 0.3 is 0 Å². The third-order valence-corrected chi connectivity index (χ3v) is 6.35. The minimum absolute atomic E-state index is 0.119. The summed E-state index contributed by atoms with van der Waals surface area (Å²) in [7, 11) is 3.94. The van der Waals surface area contributed by atoms with Crippen LogP contribution in [0.3, 0.4) is 0 Å². The summed E-state index contributed by atoms with van der Waals surface area (Å²) in [4.78, 5) is 29.8. The largest absolute Gasteiger partial charge is 0.507 e. The van der Waals surface area contributed by atoms with Gasteiger partial charge in [-0.15, -0.1) is 0 Å². The second-order valence-corrected chi connectivity index (χ2v) is 9.31. The molecular weight excluding hydrogens is 452 g/mol. The highest BCUT2D eigenvalue weighted by Gasteiger charge is 2.45. The number of nitrogens with zero attached hydrogens (tertiary/aromatic N) is 2. The van der Waals surface area contributed by atoms with Crippen LogP contribution in [0, 0.1) is 6.92 Å². The number of carbonyl (C=O) groups is 2. The van der Waals surface area contributed by atoms with Gasteiger partial charge in [0, 0.05) is 12.1 Å². The molecule has 1 heterocycles. The zero-order chi connectivity index (χ0) is 25.7. The molecular formula is C30H32N2O4. The van der Waals surface area contributed by atoms with Gasteiger partial charge in [0.05, 0.1) is 11.6 Å². The predicted molar refractivity (Wildman–Crippen MR) is 141 cm³/mol. The average Bonchev–Trinajstić information content (AvgIpc) is 3.13. The number of aryl methyl sites for hydroxylation is 1. The molecule has 1 saturated heterocycles. The zero-order valence-corrected chi connectivity index (χ0v) is 21.0. The number of ether oxygens (including phenoxy) is 1. The predicted octanol–water partition coefficient (Wildman–Crippen LogP) is 4.95. The van der Waals surface area contributed by atoms with Crippen molar-refractivity contribution in [3.8, 4) is 5.75 Å². The van der Waals surface area contributed by atoms with Crippen LogP contribution in [0.15, 0.2) is 84.4 Å². The molecule has 3 aromatic rings. The van der Waals surface area contributed by atoms with Gasteiger partial charge in [-0.1, -0.05) is 60.7 Å². The van der Waals surface area contributed by atoms with Crippen LogP contribution < -0.4 is 4.74 Å². The van der Waals surface area contributed by atoms with Crippen molar-refractivity contribution in [2.45, 2.75) is 26.0 Å². The van der Waals surface area contributed by atoms with Crippen LogP contribution >= 0.6 is 0 Å². The van der Waals surface area contributed by atoms with Crippen LogP contribution in [0.25, 0.3) is 5.76 Å². The fourth-order valence-corrected chi connectivity index (χ4v) is 4.50. The van der Waals surface area contributed by atoms with Gasteiger partial charge < -0.3 is 19.6 Å². The Morgan fingerprint density at radius 2 is 1.64 bits per heavy atom. The Bertz CT molecular complexity index is 1250. The molecule has 1 atom stereocenters. The maximum atomic E-state index is 13.2. The van der Waals surface area contributed by atoms with Crippen LogP contribution in [0.2, 0.25) is 0 Å². The van der Waals surface area contributed by atoms with E-state index in [9.17, 15) is 14.7 Å². The molecule has 4 rings (SSSR count). The minimum atomic E-state index is -0.659. The number of ketones is 1. The van der Waals surface area contributed by atoms with Gasteiger partial charge in [0.1, 0.15) is 18.1 Å². The van der Waals surface area contributed by atoms with Gasteiger partial charge in [-0.25, -0.2) is 0 Å². The first-order valence-electron chi connectivity index (χ1n) is 12.1. The first kappa shape index (κ1) is 25.2. The Morgan fingerprint density at radius 3 is 2.28 bits per heavy atom. The molecule has 0 radical (unpaired) electrons. The van der Waals surface area contributed by atoms with Crippen LogP contribution in [0.1, 0.15) is 34.7 Å². The number of rotatable bonds is 9. The van der Waals surface area contributed by atoms with E-state index in [4.69, 9.17) is 4.74 Å². The van der Waals surface area contributed by atoms with Gasteiger partial charge in [0.15, 0.2) is 0 Å². The van der Waals surface area contributed by atoms with E-state index in [1.807, 2.05) is 86.6 Å². The first-order chi connectivity index (χ1) is 17.4.